The van der Waals surface area contributed by atoms with Crippen LogP contribution in [0.4, 0.5) is 0 Å². The van der Waals surface area contributed by atoms with Crippen molar-refractivity contribution in [1.29, 1.82) is 0 Å². The molecular weight excluding hydrogens is 198 g/mol. The minimum atomic E-state index is 0.549. The summed E-state index contributed by atoms with van der Waals surface area (Å²) in [5.41, 5.74) is 0. The fourth-order valence-corrected chi connectivity index (χ4v) is 1.65. The molecular formula is C13H27N3. The molecule has 94 valence electrons. The second-order valence-corrected chi connectivity index (χ2v) is 4.52. The summed E-state index contributed by atoms with van der Waals surface area (Å²) in [4.78, 5) is 4.74. The van der Waals surface area contributed by atoms with Crippen LogP contribution < -0.4 is 5.32 Å². The van der Waals surface area contributed by atoms with Gasteiger partial charge >= 0.3 is 0 Å². The molecule has 16 heavy (non-hydrogen) atoms. The largest absolute Gasteiger partial charge is 0.308 e. The van der Waals surface area contributed by atoms with Gasteiger partial charge in [-0.3, -0.25) is 4.90 Å². The second-order valence-electron chi connectivity index (χ2n) is 4.52. The molecule has 0 bridgehead atoms. The Morgan fingerprint density at radius 3 is 2.44 bits per heavy atom. The molecule has 0 spiro atoms. The van der Waals surface area contributed by atoms with Crippen LogP contribution in [0.25, 0.3) is 0 Å². The van der Waals surface area contributed by atoms with Crippen LogP contribution in [-0.2, 0) is 0 Å². The van der Waals surface area contributed by atoms with Gasteiger partial charge in [-0.05, 0) is 34.0 Å². The van der Waals surface area contributed by atoms with E-state index in [-0.39, 0.29) is 0 Å². The molecule has 0 fully saturated rings. The highest BCUT2D eigenvalue weighted by Gasteiger charge is 2.12. The van der Waals surface area contributed by atoms with Gasteiger partial charge in [0.05, 0.1) is 6.54 Å². The first kappa shape index (κ1) is 15.4. The molecule has 1 atom stereocenters. The highest BCUT2D eigenvalue weighted by molar-refractivity contribution is 4.87. The lowest BCUT2D eigenvalue weighted by molar-refractivity contribution is 0.186. The maximum absolute atomic E-state index is 5.22. The lowest BCUT2D eigenvalue weighted by Crippen LogP contribution is -2.43. The number of hydrogen-bond donors (Lipinski definition) is 1. The third-order valence-corrected chi connectivity index (χ3v) is 2.64. The van der Waals surface area contributed by atoms with E-state index >= 15 is 0 Å². The summed E-state index contributed by atoms with van der Waals surface area (Å²) >= 11 is 0. The lowest BCUT2D eigenvalue weighted by Gasteiger charge is -2.30. The zero-order chi connectivity index (χ0) is 12.4. The zero-order valence-electron chi connectivity index (χ0n) is 11.3. The zero-order valence-corrected chi connectivity index (χ0v) is 11.3. The maximum atomic E-state index is 5.22. The molecule has 0 aromatic carbocycles. The molecule has 0 saturated carbocycles. The number of nitrogens with one attached hydrogen (secondary N) is 1. The highest BCUT2D eigenvalue weighted by atomic mass is 15.2. The summed E-state index contributed by atoms with van der Waals surface area (Å²) in [6.45, 7) is 9.51. The molecule has 0 aromatic heterocycles. The molecule has 0 aromatic rings. The van der Waals surface area contributed by atoms with Crippen molar-refractivity contribution >= 4 is 0 Å². The van der Waals surface area contributed by atoms with Crippen molar-refractivity contribution in [2.75, 3.05) is 46.8 Å². The molecule has 3 nitrogen and oxygen atoms in total. The van der Waals surface area contributed by atoms with Gasteiger partial charge in [0.25, 0.3) is 0 Å². The molecule has 3 heteroatoms. The van der Waals surface area contributed by atoms with Gasteiger partial charge in [0.2, 0.25) is 0 Å². The quantitative estimate of drug-likeness (QED) is 0.464. The van der Waals surface area contributed by atoms with Crippen LogP contribution in [0.2, 0.25) is 0 Å². The predicted octanol–water partition coefficient (Wildman–Crippen LogP) is 0.871. The molecule has 1 N–H and O–H groups in total. The maximum Gasteiger partial charge on any atom is 0.0574 e. The van der Waals surface area contributed by atoms with E-state index in [0.717, 1.165) is 26.2 Å². The van der Waals surface area contributed by atoms with Crippen molar-refractivity contribution in [3.63, 3.8) is 0 Å². The Morgan fingerprint density at radius 1 is 1.25 bits per heavy atom. The SMILES string of the molecule is C#CCNCC(C)N(CCC)CCN(C)C. The summed E-state index contributed by atoms with van der Waals surface area (Å²) in [6, 6.07) is 0.549. The van der Waals surface area contributed by atoms with Gasteiger partial charge in [0.15, 0.2) is 0 Å². The van der Waals surface area contributed by atoms with Gasteiger partial charge in [0, 0.05) is 25.7 Å². The lowest BCUT2D eigenvalue weighted by atomic mass is 10.2. The summed E-state index contributed by atoms with van der Waals surface area (Å²) in [5.74, 6) is 2.61. The smallest absolute Gasteiger partial charge is 0.0574 e. The van der Waals surface area contributed by atoms with E-state index in [9.17, 15) is 0 Å². The van der Waals surface area contributed by atoms with E-state index in [0.29, 0.717) is 12.6 Å². The van der Waals surface area contributed by atoms with E-state index in [1.54, 1.807) is 0 Å². The van der Waals surface area contributed by atoms with Crippen LogP contribution in [0.5, 0.6) is 0 Å². The average molecular weight is 225 g/mol. The van der Waals surface area contributed by atoms with E-state index in [4.69, 9.17) is 6.42 Å². The van der Waals surface area contributed by atoms with Crippen LogP contribution in [-0.4, -0.2) is 62.7 Å². The van der Waals surface area contributed by atoms with E-state index in [1.165, 1.54) is 6.42 Å². The number of terminal acetylenes is 1. The van der Waals surface area contributed by atoms with Crippen LogP contribution >= 0.6 is 0 Å². The van der Waals surface area contributed by atoms with Crippen LogP contribution in [0.1, 0.15) is 20.3 Å². The first-order valence-corrected chi connectivity index (χ1v) is 6.14. The molecule has 0 rings (SSSR count). The Balaban J connectivity index is 3.92. The summed E-state index contributed by atoms with van der Waals surface area (Å²) in [5, 5.41) is 3.27. The molecule has 0 aliphatic heterocycles. The van der Waals surface area contributed by atoms with Crippen molar-refractivity contribution in [3.05, 3.63) is 0 Å². The third-order valence-electron chi connectivity index (χ3n) is 2.64. The second kappa shape index (κ2) is 9.65. The third kappa shape index (κ3) is 7.70. The van der Waals surface area contributed by atoms with Gasteiger partial charge in [-0.1, -0.05) is 12.8 Å². The van der Waals surface area contributed by atoms with Crippen molar-refractivity contribution in [1.82, 2.24) is 15.1 Å². The summed E-state index contributed by atoms with van der Waals surface area (Å²) < 4.78 is 0. The highest BCUT2D eigenvalue weighted by Crippen LogP contribution is 1.99. The minimum Gasteiger partial charge on any atom is -0.308 e. The van der Waals surface area contributed by atoms with E-state index in [1.807, 2.05) is 0 Å². The van der Waals surface area contributed by atoms with Gasteiger partial charge in [-0.2, -0.15) is 0 Å². The Labute approximate surface area is 101 Å². The minimum absolute atomic E-state index is 0.549. The molecule has 0 aliphatic carbocycles. The monoisotopic (exact) mass is 225 g/mol. The number of nitrogens with zero attached hydrogens (tertiary/aromatic N) is 2. The van der Waals surface area contributed by atoms with Gasteiger partial charge in [-0.25, -0.2) is 0 Å². The van der Waals surface area contributed by atoms with Gasteiger partial charge in [-0.15, -0.1) is 6.42 Å². The van der Waals surface area contributed by atoms with Gasteiger partial charge < -0.3 is 10.2 Å². The normalized spacial score (nSPS) is 13.1. The van der Waals surface area contributed by atoms with Crippen molar-refractivity contribution in [2.24, 2.45) is 0 Å². The fraction of sp³-hybridized carbons (Fsp3) is 0.846. The Hall–Kier alpha value is -0.560. The summed E-state index contributed by atoms with van der Waals surface area (Å²) in [7, 11) is 4.23. The standard InChI is InChI=1S/C13H27N3/c1-6-8-14-12-13(3)16(9-7-2)11-10-15(4)5/h1,13-14H,7-12H2,2-5H3. The van der Waals surface area contributed by atoms with Crippen LogP contribution in [0.15, 0.2) is 0 Å². The van der Waals surface area contributed by atoms with Crippen molar-refractivity contribution < 1.29 is 0 Å². The predicted molar refractivity (Wildman–Crippen MR) is 71.6 cm³/mol. The first-order valence-electron chi connectivity index (χ1n) is 6.14. The van der Waals surface area contributed by atoms with E-state index in [2.05, 4.69) is 49.0 Å². The Bertz CT molecular complexity index is 196. The molecule has 1 unspecified atom stereocenters. The molecule has 0 heterocycles. The van der Waals surface area contributed by atoms with Crippen LogP contribution in [0, 0.1) is 12.3 Å². The average Bonchev–Trinajstić information content (AvgIpc) is 2.24. The molecule has 0 aliphatic rings. The molecule has 0 radical (unpaired) electrons. The summed E-state index contributed by atoms with van der Waals surface area (Å²) in [6.07, 6.45) is 6.42. The van der Waals surface area contributed by atoms with Crippen LogP contribution in [0.3, 0.4) is 0 Å². The van der Waals surface area contributed by atoms with Crippen molar-refractivity contribution in [2.45, 2.75) is 26.3 Å². The van der Waals surface area contributed by atoms with Crippen molar-refractivity contribution in [3.8, 4) is 12.3 Å². The fourth-order valence-electron chi connectivity index (χ4n) is 1.65. The first-order chi connectivity index (χ1) is 7.61. The molecule has 0 amide bonds. The Kier molecular flexibility index (Phi) is 9.31. The number of likely N-dealkylation sites (N-methyl/N-ethyl adjacent to an activating group) is 1. The number of rotatable bonds is 9. The van der Waals surface area contributed by atoms with Gasteiger partial charge in [0.1, 0.15) is 0 Å². The topological polar surface area (TPSA) is 18.5 Å². The Morgan fingerprint density at radius 2 is 1.94 bits per heavy atom. The number of hydrogen-bond acceptors (Lipinski definition) is 3. The molecule has 0 saturated heterocycles. The van der Waals surface area contributed by atoms with E-state index < -0.39 is 0 Å².